The average molecular weight is 997 g/mol. The van der Waals surface area contributed by atoms with Gasteiger partial charge in [-0.3, -0.25) is 13.8 Å². The number of phosphoric ester groups is 1. The Bertz CT molecular complexity index is 1170. The molecule has 8 nitrogen and oxygen atoms in total. The lowest BCUT2D eigenvalue weighted by Gasteiger charge is -2.25. The summed E-state index contributed by atoms with van der Waals surface area (Å²) in [4.78, 5) is 23.3. The van der Waals surface area contributed by atoms with Gasteiger partial charge in [-0.05, 0) is 44.9 Å². The highest BCUT2D eigenvalue weighted by molar-refractivity contribution is 7.47. The molecule has 0 aromatic carbocycles. The van der Waals surface area contributed by atoms with Crippen molar-refractivity contribution in [3.05, 3.63) is 24.3 Å². The highest BCUT2D eigenvalue weighted by Crippen LogP contribution is 2.43. The molecule has 1 amide bonds. The molecular weight excluding hydrogens is 876 g/mol. The fraction of sp³-hybridized carbons (Fsp3) is 0.917. The molecule has 0 radical (unpaired) electrons. The summed E-state index contributed by atoms with van der Waals surface area (Å²) in [6.45, 7) is 4.85. The SMILES string of the molecule is CCCCCCCCCC/C=C\CCCCCCCCCCCCCCCCCCCCCCCC(=O)NC(COP(=O)(O)OCC[N+](C)(C)C)C(O)/C=C/CCCCCCCCCCCCCC. The van der Waals surface area contributed by atoms with Crippen LogP contribution in [-0.2, 0) is 18.4 Å². The first-order chi connectivity index (χ1) is 33.5. The number of allylic oxidation sites excluding steroid dienone is 3. The smallest absolute Gasteiger partial charge is 0.387 e. The van der Waals surface area contributed by atoms with Gasteiger partial charge in [-0.25, -0.2) is 4.57 Å². The Morgan fingerprint density at radius 2 is 0.783 bits per heavy atom. The zero-order valence-corrected chi connectivity index (χ0v) is 47.7. The van der Waals surface area contributed by atoms with E-state index < -0.39 is 20.0 Å². The number of rotatable bonds is 56. The third-order valence-corrected chi connectivity index (χ3v) is 14.9. The number of carbonyl (C=O) groups excluding carboxylic acids is 1. The van der Waals surface area contributed by atoms with E-state index in [1.165, 1.54) is 244 Å². The van der Waals surface area contributed by atoms with Crippen LogP contribution in [0.15, 0.2) is 24.3 Å². The molecule has 0 saturated carbocycles. The molecule has 3 atom stereocenters. The fourth-order valence-electron chi connectivity index (χ4n) is 9.16. The molecule has 0 fully saturated rings. The zero-order chi connectivity index (χ0) is 50.6. The number of hydrogen-bond acceptors (Lipinski definition) is 5. The van der Waals surface area contributed by atoms with Gasteiger partial charge in [-0.1, -0.05) is 276 Å². The van der Waals surface area contributed by atoms with Crippen LogP contribution in [-0.4, -0.2) is 73.4 Å². The quantitative estimate of drug-likeness (QED) is 0.0243. The molecular formula is C60H120N2O6P+. The van der Waals surface area contributed by atoms with Crippen LogP contribution in [0.2, 0.25) is 0 Å². The van der Waals surface area contributed by atoms with Crippen LogP contribution in [0.5, 0.6) is 0 Å². The van der Waals surface area contributed by atoms with Crippen molar-refractivity contribution in [2.24, 2.45) is 0 Å². The van der Waals surface area contributed by atoms with Gasteiger partial charge in [0.25, 0.3) is 0 Å². The number of phosphoric acid groups is 1. The minimum absolute atomic E-state index is 0.0641. The summed E-state index contributed by atoms with van der Waals surface area (Å²) >= 11 is 0. The van der Waals surface area contributed by atoms with E-state index in [2.05, 4.69) is 31.3 Å². The topological polar surface area (TPSA) is 105 Å². The summed E-state index contributed by atoms with van der Waals surface area (Å²) in [5, 5.41) is 13.9. The number of carbonyl (C=O) groups is 1. The third kappa shape index (κ3) is 54.6. The molecule has 3 unspecified atom stereocenters. The van der Waals surface area contributed by atoms with Gasteiger partial charge < -0.3 is 19.8 Å². The van der Waals surface area contributed by atoms with Gasteiger partial charge in [0.15, 0.2) is 0 Å². The summed E-state index contributed by atoms with van der Waals surface area (Å²) in [6.07, 6.45) is 65.8. The molecule has 0 heterocycles. The van der Waals surface area contributed by atoms with Gasteiger partial charge in [0, 0.05) is 6.42 Å². The highest BCUT2D eigenvalue weighted by Gasteiger charge is 2.27. The van der Waals surface area contributed by atoms with Crippen molar-refractivity contribution in [3.63, 3.8) is 0 Å². The van der Waals surface area contributed by atoms with Crippen LogP contribution in [0, 0.1) is 0 Å². The van der Waals surface area contributed by atoms with Gasteiger partial charge in [0.2, 0.25) is 5.91 Å². The first kappa shape index (κ1) is 68.0. The van der Waals surface area contributed by atoms with Crippen molar-refractivity contribution in [1.29, 1.82) is 0 Å². The van der Waals surface area contributed by atoms with Crippen molar-refractivity contribution in [2.45, 2.75) is 315 Å². The number of unbranched alkanes of at least 4 members (excludes halogenated alkanes) is 41. The van der Waals surface area contributed by atoms with Crippen molar-refractivity contribution in [2.75, 3.05) is 40.9 Å². The van der Waals surface area contributed by atoms with E-state index in [1.54, 1.807) is 6.08 Å². The number of quaternary nitrogens is 1. The minimum atomic E-state index is -4.34. The maximum Gasteiger partial charge on any atom is 0.472 e. The van der Waals surface area contributed by atoms with E-state index >= 15 is 0 Å². The van der Waals surface area contributed by atoms with Crippen LogP contribution in [0.25, 0.3) is 0 Å². The zero-order valence-electron chi connectivity index (χ0n) is 46.8. The molecule has 69 heavy (non-hydrogen) atoms. The number of aliphatic hydroxyl groups is 1. The number of aliphatic hydroxyl groups excluding tert-OH is 1. The third-order valence-electron chi connectivity index (χ3n) is 13.9. The number of nitrogens with zero attached hydrogens (tertiary/aromatic N) is 1. The highest BCUT2D eigenvalue weighted by atomic mass is 31.2. The summed E-state index contributed by atoms with van der Waals surface area (Å²) in [6, 6.07) is -0.843. The summed E-state index contributed by atoms with van der Waals surface area (Å²) in [7, 11) is 1.59. The Labute approximate surface area is 430 Å². The molecule has 3 N–H and O–H groups in total. The second kappa shape index (κ2) is 51.9. The maximum atomic E-state index is 13.0. The van der Waals surface area contributed by atoms with Crippen molar-refractivity contribution < 1.29 is 32.9 Å². The second-order valence-electron chi connectivity index (χ2n) is 22.1. The second-order valence-corrected chi connectivity index (χ2v) is 23.5. The largest absolute Gasteiger partial charge is 0.472 e. The molecule has 0 rings (SSSR count). The minimum Gasteiger partial charge on any atom is -0.387 e. The number of hydrogen-bond donors (Lipinski definition) is 3. The van der Waals surface area contributed by atoms with Gasteiger partial charge >= 0.3 is 7.82 Å². The van der Waals surface area contributed by atoms with E-state index in [1.807, 2.05) is 27.2 Å². The normalized spacial score (nSPS) is 14.0. The standard InChI is InChI=1S/C60H119N2O6P/c1-6-8-10-12-14-16-18-20-22-23-24-25-26-27-28-29-30-31-32-33-34-35-36-37-38-39-40-42-44-46-48-50-52-54-60(64)61-58(57-68-69(65,66)67-56-55-62(3,4)5)59(63)53-51-49-47-45-43-41-21-19-17-15-13-11-9-7-2/h23-24,51,53,58-59,63H,6-22,25-50,52,54-57H2,1-5H3,(H-,61,64,65,66)/p+1/b24-23-,53-51+. The molecule has 0 bridgehead atoms. The van der Waals surface area contributed by atoms with Crippen LogP contribution >= 0.6 is 7.82 Å². The summed E-state index contributed by atoms with van der Waals surface area (Å²) in [5.74, 6) is -0.171. The maximum absolute atomic E-state index is 13.0. The van der Waals surface area contributed by atoms with Crippen LogP contribution in [0.4, 0.5) is 0 Å². The Kier molecular flexibility index (Phi) is 51.1. The Hall–Kier alpha value is -1.02. The summed E-state index contributed by atoms with van der Waals surface area (Å²) < 4.78 is 23.7. The van der Waals surface area contributed by atoms with Gasteiger partial charge in [0.1, 0.15) is 13.2 Å². The molecule has 0 saturated heterocycles. The number of amides is 1. The predicted octanol–water partition coefficient (Wildman–Crippen LogP) is 18.4. The monoisotopic (exact) mass is 996 g/mol. The molecule has 0 aliphatic carbocycles. The van der Waals surface area contributed by atoms with Crippen LogP contribution in [0.1, 0.15) is 303 Å². The Morgan fingerprint density at radius 3 is 1.12 bits per heavy atom. The van der Waals surface area contributed by atoms with Crippen molar-refractivity contribution >= 4 is 13.7 Å². The van der Waals surface area contributed by atoms with E-state index in [0.29, 0.717) is 17.4 Å². The molecule has 9 heteroatoms. The van der Waals surface area contributed by atoms with E-state index in [4.69, 9.17) is 9.05 Å². The van der Waals surface area contributed by atoms with E-state index in [0.717, 1.165) is 38.5 Å². The fourth-order valence-corrected chi connectivity index (χ4v) is 9.89. The molecule has 0 aliphatic heterocycles. The van der Waals surface area contributed by atoms with Crippen molar-refractivity contribution in [3.8, 4) is 0 Å². The lowest BCUT2D eigenvalue weighted by Crippen LogP contribution is -2.45. The molecule has 0 aliphatic rings. The average Bonchev–Trinajstić information content (AvgIpc) is 3.31. The molecule has 0 spiro atoms. The predicted molar refractivity (Wildman–Crippen MR) is 300 cm³/mol. The van der Waals surface area contributed by atoms with E-state index in [-0.39, 0.29) is 19.1 Å². The van der Waals surface area contributed by atoms with Crippen LogP contribution in [0.3, 0.4) is 0 Å². The first-order valence-corrected chi connectivity index (χ1v) is 31.7. The molecule has 0 aromatic rings. The summed E-state index contributed by atoms with van der Waals surface area (Å²) in [5.41, 5.74) is 0. The van der Waals surface area contributed by atoms with E-state index in [9.17, 15) is 19.4 Å². The first-order valence-electron chi connectivity index (χ1n) is 30.2. The van der Waals surface area contributed by atoms with Gasteiger partial charge in [0.05, 0.1) is 39.9 Å². The van der Waals surface area contributed by atoms with Crippen molar-refractivity contribution in [1.82, 2.24) is 5.32 Å². The molecule has 410 valence electrons. The lowest BCUT2D eigenvalue weighted by molar-refractivity contribution is -0.870. The number of nitrogens with one attached hydrogen (secondary N) is 1. The molecule has 0 aromatic heterocycles. The van der Waals surface area contributed by atoms with Gasteiger partial charge in [-0.15, -0.1) is 0 Å². The number of likely N-dealkylation sites (N-methyl/N-ethyl adjacent to an activating group) is 1. The lowest BCUT2D eigenvalue weighted by atomic mass is 10.0. The van der Waals surface area contributed by atoms with Crippen LogP contribution < -0.4 is 5.32 Å². The Balaban J connectivity index is 3.98. The van der Waals surface area contributed by atoms with Gasteiger partial charge in [-0.2, -0.15) is 0 Å². The Morgan fingerprint density at radius 1 is 0.478 bits per heavy atom.